The fourth-order valence-corrected chi connectivity index (χ4v) is 6.60. The van der Waals surface area contributed by atoms with Gasteiger partial charge in [-0.25, -0.2) is 8.96 Å². The number of halogens is 1. The lowest BCUT2D eigenvalue weighted by molar-refractivity contribution is -0.643. The molecule has 1 saturated carbocycles. The lowest BCUT2D eigenvalue weighted by Crippen LogP contribution is -2.29. The van der Waals surface area contributed by atoms with Crippen molar-refractivity contribution in [3.63, 3.8) is 0 Å². The number of hydrogen-bond donors (Lipinski definition) is 0. The van der Waals surface area contributed by atoms with Gasteiger partial charge in [0, 0.05) is 16.8 Å². The molecule has 1 fully saturated rings. The van der Waals surface area contributed by atoms with Crippen LogP contribution in [0.1, 0.15) is 42.4 Å². The number of aryl methyl sites for hydroxylation is 3. The highest BCUT2D eigenvalue weighted by Crippen LogP contribution is 2.42. The van der Waals surface area contributed by atoms with Gasteiger partial charge < -0.3 is 4.40 Å². The maximum Gasteiger partial charge on any atom is 0.224 e. The second kappa shape index (κ2) is 6.66. The van der Waals surface area contributed by atoms with Gasteiger partial charge in [0.15, 0.2) is 6.20 Å². The molecule has 0 aliphatic heterocycles. The van der Waals surface area contributed by atoms with Crippen LogP contribution in [0.2, 0.25) is 0 Å². The van der Waals surface area contributed by atoms with Gasteiger partial charge >= 0.3 is 0 Å². The number of aromatic nitrogens is 2. The van der Waals surface area contributed by atoms with Gasteiger partial charge in [0.25, 0.3) is 0 Å². The van der Waals surface area contributed by atoms with E-state index in [-0.39, 0.29) is 5.82 Å². The van der Waals surface area contributed by atoms with Crippen molar-refractivity contribution in [3.05, 3.63) is 71.2 Å². The molecule has 3 aromatic carbocycles. The summed E-state index contributed by atoms with van der Waals surface area (Å²) in [6, 6.07) is 14.6. The van der Waals surface area contributed by atoms with Gasteiger partial charge in [0.1, 0.15) is 12.9 Å². The van der Waals surface area contributed by atoms with Crippen molar-refractivity contribution in [2.75, 3.05) is 0 Å². The molecule has 6 aromatic rings. The predicted molar refractivity (Wildman–Crippen MR) is 135 cm³/mol. The summed E-state index contributed by atoms with van der Waals surface area (Å²) in [5.74, 6) is 0.619. The summed E-state index contributed by atoms with van der Waals surface area (Å²) in [6.07, 6.45) is 8.78. The lowest BCUT2D eigenvalue weighted by atomic mass is 9.93. The van der Waals surface area contributed by atoms with E-state index in [0.29, 0.717) is 0 Å². The number of benzene rings is 3. The third-order valence-electron chi connectivity index (χ3n) is 8.28. The summed E-state index contributed by atoms with van der Waals surface area (Å²) in [4.78, 5) is 0. The molecule has 0 atom stereocenters. The Labute approximate surface area is 192 Å². The Bertz CT molecular complexity index is 1730. The second-order valence-corrected chi connectivity index (χ2v) is 10.3. The van der Waals surface area contributed by atoms with E-state index in [0.717, 1.165) is 28.6 Å². The molecule has 0 radical (unpaired) electrons. The zero-order chi connectivity index (χ0) is 22.4. The van der Waals surface area contributed by atoms with E-state index in [1.165, 1.54) is 75.1 Å². The molecule has 3 aromatic heterocycles. The number of rotatable bonds is 2. The number of hydrogen-bond acceptors (Lipinski definition) is 0. The van der Waals surface area contributed by atoms with Gasteiger partial charge in [0.05, 0.1) is 27.3 Å². The van der Waals surface area contributed by atoms with Crippen LogP contribution < -0.4 is 4.57 Å². The molecule has 0 amide bonds. The van der Waals surface area contributed by atoms with E-state index in [1.54, 1.807) is 12.1 Å². The highest BCUT2D eigenvalue weighted by Gasteiger charge is 2.25. The highest BCUT2D eigenvalue weighted by atomic mass is 19.1. The maximum absolute atomic E-state index is 14.4. The quantitative estimate of drug-likeness (QED) is 0.153. The molecule has 1 aliphatic carbocycles. The van der Waals surface area contributed by atoms with Crippen molar-refractivity contribution in [2.24, 2.45) is 13.0 Å². The third-order valence-corrected chi connectivity index (χ3v) is 8.28. The van der Waals surface area contributed by atoms with E-state index in [1.807, 2.05) is 6.07 Å². The molecular weight excluding hydrogens is 407 g/mol. The molecule has 0 saturated heterocycles. The lowest BCUT2D eigenvalue weighted by Gasteiger charge is -2.16. The van der Waals surface area contributed by atoms with Crippen molar-refractivity contribution in [2.45, 2.75) is 46.0 Å². The summed E-state index contributed by atoms with van der Waals surface area (Å²) < 4.78 is 19.1. The standard InChI is InChI=1S/C30H28FN2/c1-17-12-24-23-16-22(31)8-9-25(23)33-26-15-20(13-19-6-4-5-7-19)14-21-10-11-32(3)30(28(21)26)27(18(17)2)29(24)33/h8-12,14-16,19H,4-7,13H2,1-3H3/q+1. The zero-order valence-electron chi connectivity index (χ0n) is 19.5. The van der Waals surface area contributed by atoms with Crippen LogP contribution >= 0.6 is 0 Å². The summed E-state index contributed by atoms with van der Waals surface area (Å²) in [7, 11) is 2.15. The smallest absolute Gasteiger partial charge is 0.224 e. The topological polar surface area (TPSA) is 8.29 Å². The van der Waals surface area contributed by atoms with Crippen LogP contribution in [0.4, 0.5) is 4.39 Å². The van der Waals surface area contributed by atoms with Crippen LogP contribution in [0.25, 0.3) is 49.0 Å². The summed E-state index contributed by atoms with van der Waals surface area (Å²) in [5.41, 5.74) is 8.80. The van der Waals surface area contributed by atoms with Crippen molar-refractivity contribution in [1.82, 2.24) is 4.40 Å². The van der Waals surface area contributed by atoms with E-state index < -0.39 is 0 Å². The van der Waals surface area contributed by atoms with E-state index >= 15 is 0 Å². The molecule has 3 heterocycles. The summed E-state index contributed by atoms with van der Waals surface area (Å²) >= 11 is 0. The van der Waals surface area contributed by atoms with Gasteiger partial charge in [-0.3, -0.25) is 0 Å². The van der Waals surface area contributed by atoms with Gasteiger partial charge in [-0.15, -0.1) is 0 Å². The van der Waals surface area contributed by atoms with Crippen molar-refractivity contribution >= 4 is 49.0 Å². The van der Waals surface area contributed by atoms with E-state index in [2.05, 4.69) is 60.3 Å². The van der Waals surface area contributed by atoms with Crippen LogP contribution in [-0.4, -0.2) is 4.40 Å². The molecular formula is C30H28FN2+. The fraction of sp³-hybridized carbons (Fsp3) is 0.300. The molecule has 33 heavy (non-hydrogen) atoms. The third kappa shape index (κ3) is 2.57. The maximum atomic E-state index is 14.4. The minimum Gasteiger partial charge on any atom is -0.307 e. The SMILES string of the molecule is Cc1cc2c3cc(F)ccc3n3c4cc(CC5CCCC5)cc5cc[n+](C)c(c(c1C)c23)c54. The first-order valence-electron chi connectivity index (χ1n) is 12.2. The van der Waals surface area contributed by atoms with Crippen LogP contribution in [0.5, 0.6) is 0 Å². The van der Waals surface area contributed by atoms with Crippen LogP contribution in [0, 0.1) is 25.6 Å². The number of fused-ring (bicyclic) bond motifs is 5. The largest absolute Gasteiger partial charge is 0.307 e. The molecule has 0 bridgehead atoms. The molecule has 2 nitrogen and oxygen atoms in total. The molecule has 3 heteroatoms. The molecule has 0 unspecified atom stereocenters. The Hall–Kier alpha value is -3.20. The van der Waals surface area contributed by atoms with Crippen molar-refractivity contribution < 1.29 is 8.96 Å². The molecule has 7 rings (SSSR count). The van der Waals surface area contributed by atoms with Crippen molar-refractivity contribution in [3.8, 4) is 0 Å². The average molecular weight is 436 g/mol. The first-order valence-corrected chi connectivity index (χ1v) is 12.2. The molecule has 164 valence electrons. The summed E-state index contributed by atoms with van der Waals surface area (Å²) in [5, 5.41) is 6.04. The zero-order valence-corrected chi connectivity index (χ0v) is 19.5. The summed E-state index contributed by atoms with van der Waals surface area (Å²) in [6.45, 7) is 4.40. The molecule has 0 spiro atoms. The highest BCUT2D eigenvalue weighted by molar-refractivity contribution is 6.26. The Morgan fingerprint density at radius 3 is 2.58 bits per heavy atom. The second-order valence-electron chi connectivity index (χ2n) is 10.3. The van der Waals surface area contributed by atoms with Gasteiger partial charge in [-0.1, -0.05) is 31.7 Å². The van der Waals surface area contributed by atoms with Crippen molar-refractivity contribution in [1.29, 1.82) is 0 Å². The van der Waals surface area contributed by atoms with Crippen LogP contribution in [-0.2, 0) is 13.5 Å². The fourth-order valence-electron chi connectivity index (χ4n) is 6.60. The Kier molecular flexibility index (Phi) is 3.89. The van der Waals surface area contributed by atoms with Gasteiger partial charge in [-0.05, 0) is 78.6 Å². The number of nitrogens with zero attached hydrogens (tertiary/aromatic N) is 2. The van der Waals surface area contributed by atoms with E-state index in [9.17, 15) is 4.39 Å². The van der Waals surface area contributed by atoms with E-state index in [4.69, 9.17) is 0 Å². The first-order chi connectivity index (χ1) is 16.0. The van der Waals surface area contributed by atoms with Crippen LogP contribution in [0.15, 0.2) is 48.7 Å². The molecule has 1 aliphatic rings. The normalized spacial score (nSPS) is 15.4. The minimum atomic E-state index is -0.177. The van der Waals surface area contributed by atoms with Gasteiger partial charge in [0.2, 0.25) is 5.52 Å². The van der Waals surface area contributed by atoms with Gasteiger partial charge in [-0.2, -0.15) is 0 Å². The molecule has 0 N–H and O–H groups in total. The predicted octanol–water partition coefficient (Wildman–Crippen LogP) is 7.30. The Balaban J connectivity index is 1.75. The monoisotopic (exact) mass is 435 g/mol. The Morgan fingerprint density at radius 2 is 1.76 bits per heavy atom. The number of pyridine rings is 2. The first kappa shape index (κ1) is 19.3. The Morgan fingerprint density at radius 1 is 0.939 bits per heavy atom. The average Bonchev–Trinajstić information content (AvgIpc) is 3.41. The minimum absolute atomic E-state index is 0.177. The van der Waals surface area contributed by atoms with Crippen LogP contribution in [0.3, 0.4) is 0 Å².